The van der Waals surface area contributed by atoms with Crippen molar-refractivity contribution in [2.24, 2.45) is 5.92 Å². The Bertz CT molecular complexity index is 159. The molecule has 70 valence electrons. The molecule has 0 saturated carbocycles. The zero-order valence-corrected chi connectivity index (χ0v) is 7.80. The molecule has 0 aliphatic carbocycles. The van der Waals surface area contributed by atoms with E-state index in [1.54, 1.807) is 0 Å². The Morgan fingerprint density at radius 2 is 2.42 bits per heavy atom. The quantitative estimate of drug-likeness (QED) is 0.628. The van der Waals surface area contributed by atoms with E-state index in [4.69, 9.17) is 4.74 Å². The van der Waals surface area contributed by atoms with Gasteiger partial charge in [0.15, 0.2) is 0 Å². The number of piperidine rings is 1. The standard InChI is InChI=1S/C9H17NO2/c1-3-7-5-4-6-10-8(7)9(11)12-2/h7-8,10H,3-6H2,1-2H3/t7-,8+/m0/s1. The summed E-state index contributed by atoms with van der Waals surface area (Å²) < 4.78 is 4.72. The van der Waals surface area contributed by atoms with Gasteiger partial charge in [-0.2, -0.15) is 0 Å². The molecule has 0 spiro atoms. The summed E-state index contributed by atoms with van der Waals surface area (Å²) in [5.74, 6) is 0.354. The fourth-order valence-electron chi connectivity index (χ4n) is 1.80. The van der Waals surface area contributed by atoms with Gasteiger partial charge in [0, 0.05) is 0 Å². The molecule has 1 aliphatic rings. The Kier molecular flexibility index (Phi) is 3.53. The second-order valence-electron chi connectivity index (χ2n) is 3.27. The number of methoxy groups -OCH3 is 1. The highest BCUT2D eigenvalue weighted by Gasteiger charge is 2.29. The number of rotatable bonds is 2. The molecule has 3 nitrogen and oxygen atoms in total. The summed E-state index contributed by atoms with van der Waals surface area (Å²) in [6.07, 6.45) is 3.36. The fraction of sp³-hybridized carbons (Fsp3) is 0.889. The molecule has 1 heterocycles. The van der Waals surface area contributed by atoms with Crippen LogP contribution in [0.15, 0.2) is 0 Å². The third-order valence-corrected chi connectivity index (χ3v) is 2.57. The average Bonchev–Trinajstić information content (AvgIpc) is 2.16. The van der Waals surface area contributed by atoms with Gasteiger partial charge < -0.3 is 10.1 Å². The van der Waals surface area contributed by atoms with Gasteiger partial charge in [-0.05, 0) is 25.3 Å². The summed E-state index contributed by atoms with van der Waals surface area (Å²) in [7, 11) is 1.45. The molecule has 0 aromatic rings. The van der Waals surface area contributed by atoms with E-state index in [9.17, 15) is 4.79 Å². The SMILES string of the molecule is CC[C@H]1CCCN[C@H]1C(=O)OC. The van der Waals surface area contributed by atoms with E-state index >= 15 is 0 Å². The van der Waals surface area contributed by atoms with E-state index in [0.717, 1.165) is 19.4 Å². The van der Waals surface area contributed by atoms with E-state index in [-0.39, 0.29) is 12.0 Å². The lowest BCUT2D eigenvalue weighted by Crippen LogP contribution is -2.47. The zero-order valence-electron chi connectivity index (χ0n) is 7.80. The van der Waals surface area contributed by atoms with E-state index in [0.29, 0.717) is 5.92 Å². The van der Waals surface area contributed by atoms with Gasteiger partial charge in [-0.15, -0.1) is 0 Å². The molecular formula is C9H17NO2. The largest absolute Gasteiger partial charge is 0.468 e. The summed E-state index contributed by atoms with van der Waals surface area (Å²) >= 11 is 0. The number of carbonyl (C=O) groups excluding carboxylic acids is 1. The van der Waals surface area contributed by atoms with Crippen LogP contribution in [0.1, 0.15) is 26.2 Å². The third kappa shape index (κ3) is 1.97. The molecule has 0 aromatic heterocycles. The molecule has 1 rings (SSSR count). The molecule has 1 aliphatic heterocycles. The number of esters is 1. The molecule has 1 saturated heterocycles. The minimum absolute atomic E-state index is 0.0613. The minimum Gasteiger partial charge on any atom is -0.468 e. The fourth-order valence-corrected chi connectivity index (χ4v) is 1.80. The number of nitrogens with one attached hydrogen (secondary N) is 1. The molecule has 0 amide bonds. The van der Waals surface area contributed by atoms with Crippen LogP contribution < -0.4 is 5.32 Å². The van der Waals surface area contributed by atoms with Crippen LogP contribution in [-0.2, 0) is 9.53 Å². The number of carbonyl (C=O) groups is 1. The lowest BCUT2D eigenvalue weighted by Gasteiger charge is -2.29. The maximum atomic E-state index is 11.3. The minimum atomic E-state index is -0.110. The number of hydrogen-bond donors (Lipinski definition) is 1. The van der Waals surface area contributed by atoms with Crippen molar-refractivity contribution in [2.45, 2.75) is 32.2 Å². The lowest BCUT2D eigenvalue weighted by molar-refractivity contribution is -0.145. The second-order valence-corrected chi connectivity index (χ2v) is 3.27. The van der Waals surface area contributed by atoms with Crippen molar-refractivity contribution in [3.8, 4) is 0 Å². The van der Waals surface area contributed by atoms with Crippen molar-refractivity contribution in [1.82, 2.24) is 5.32 Å². The van der Waals surface area contributed by atoms with Crippen LogP contribution in [0.4, 0.5) is 0 Å². The van der Waals surface area contributed by atoms with Gasteiger partial charge in [-0.3, -0.25) is 4.79 Å². The maximum absolute atomic E-state index is 11.3. The molecule has 1 N–H and O–H groups in total. The highest BCUT2D eigenvalue weighted by Crippen LogP contribution is 2.20. The first-order chi connectivity index (χ1) is 5.79. The molecule has 2 atom stereocenters. The predicted molar refractivity (Wildman–Crippen MR) is 46.8 cm³/mol. The van der Waals surface area contributed by atoms with Gasteiger partial charge in [-0.25, -0.2) is 0 Å². The predicted octanol–water partition coefficient (Wildman–Crippen LogP) is 0.938. The van der Waals surface area contributed by atoms with Crippen molar-refractivity contribution in [3.63, 3.8) is 0 Å². The van der Waals surface area contributed by atoms with Gasteiger partial charge >= 0.3 is 5.97 Å². The van der Waals surface area contributed by atoms with Crippen LogP contribution >= 0.6 is 0 Å². The molecule has 0 unspecified atom stereocenters. The third-order valence-electron chi connectivity index (χ3n) is 2.57. The highest BCUT2D eigenvalue weighted by molar-refractivity contribution is 5.76. The monoisotopic (exact) mass is 171 g/mol. The van der Waals surface area contributed by atoms with E-state index < -0.39 is 0 Å². The Hall–Kier alpha value is -0.570. The molecule has 0 bridgehead atoms. The summed E-state index contributed by atoms with van der Waals surface area (Å²) in [5, 5.41) is 3.20. The molecule has 3 heteroatoms. The summed E-state index contributed by atoms with van der Waals surface area (Å²) in [5.41, 5.74) is 0. The van der Waals surface area contributed by atoms with Gasteiger partial charge in [0.05, 0.1) is 7.11 Å². The van der Waals surface area contributed by atoms with E-state index in [1.807, 2.05) is 0 Å². The van der Waals surface area contributed by atoms with Crippen LogP contribution in [0.5, 0.6) is 0 Å². The van der Waals surface area contributed by atoms with Crippen LogP contribution in [0.2, 0.25) is 0 Å². The molecule has 0 radical (unpaired) electrons. The molecular weight excluding hydrogens is 154 g/mol. The van der Waals surface area contributed by atoms with Crippen molar-refractivity contribution in [2.75, 3.05) is 13.7 Å². The first-order valence-corrected chi connectivity index (χ1v) is 4.60. The van der Waals surface area contributed by atoms with Gasteiger partial charge in [0.25, 0.3) is 0 Å². The van der Waals surface area contributed by atoms with Crippen LogP contribution in [0, 0.1) is 5.92 Å². The van der Waals surface area contributed by atoms with Crippen LogP contribution in [0.3, 0.4) is 0 Å². The number of ether oxygens (including phenoxy) is 1. The van der Waals surface area contributed by atoms with Crippen LogP contribution in [0.25, 0.3) is 0 Å². The van der Waals surface area contributed by atoms with Crippen molar-refractivity contribution >= 4 is 5.97 Å². The van der Waals surface area contributed by atoms with Gasteiger partial charge in [0.1, 0.15) is 6.04 Å². The highest BCUT2D eigenvalue weighted by atomic mass is 16.5. The smallest absolute Gasteiger partial charge is 0.323 e. The Morgan fingerprint density at radius 3 is 3.00 bits per heavy atom. The van der Waals surface area contributed by atoms with Crippen LogP contribution in [-0.4, -0.2) is 25.7 Å². The summed E-state index contributed by atoms with van der Waals surface area (Å²) in [6, 6.07) is -0.0613. The molecule has 0 aromatic carbocycles. The van der Waals surface area contributed by atoms with E-state index in [1.165, 1.54) is 13.5 Å². The lowest BCUT2D eigenvalue weighted by atomic mass is 9.89. The first-order valence-electron chi connectivity index (χ1n) is 4.60. The second kappa shape index (κ2) is 4.45. The van der Waals surface area contributed by atoms with Crippen molar-refractivity contribution in [1.29, 1.82) is 0 Å². The molecule has 12 heavy (non-hydrogen) atoms. The topological polar surface area (TPSA) is 38.3 Å². The van der Waals surface area contributed by atoms with Gasteiger partial charge in [0.2, 0.25) is 0 Å². The summed E-state index contributed by atoms with van der Waals surface area (Å²) in [6.45, 7) is 3.06. The van der Waals surface area contributed by atoms with Gasteiger partial charge in [-0.1, -0.05) is 13.3 Å². The normalized spacial score (nSPS) is 29.8. The Labute approximate surface area is 73.5 Å². The van der Waals surface area contributed by atoms with Crippen molar-refractivity contribution < 1.29 is 9.53 Å². The maximum Gasteiger partial charge on any atom is 0.323 e. The number of hydrogen-bond acceptors (Lipinski definition) is 3. The van der Waals surface area contributed by atoms with E-state index in [2.05, 4.69) is 12.2 Å². The Morgan fingerprint density at radius 1 is 1.67 bits per heavy atom. The average molecular weight is 171 g/mol. The zero-order chi connectivity index (χ0) is 8.97. The Balaban J connectivity index is 2.52. The summed E-state index contributed by atoms with van der Waals surface area (Å²) in [4.78, 5) is 11.3. The first kappa shape index (κ1) is 9.52. The van der Waals surface area contributed by atoms with Crippen molar-refractivity contribution in [3.05, 3.63) is 0 Å². The molecule has 1 fully saturated rings.